The van der Waals surface area contributed by atoms with Crippen molar-refractivity contribution in [3.63, 3.8) is 0 Å². The number of carbonyl (C=O) groups excluding carboxylic acids is 2. The Bertz CT molecular complexity index is 1270. The van der Waals surface area contributed by atoms with Gasteiger partial charge in [-0.1, -0.05) is 12.1 Å². The molecule has 170 valence electrons. The van der Waals surface area contributed by atoms with Crippen LogP contribution >= 0.6 is 22.7 Å². The third kappa shape index (κ3) is 4.77. The first kappa shape index (κ1) is 23.7. The van der Waals surface area contributed by atoms with Gasteiger partial charge in [-0.2, -0.15) is 0 Å². The third-order valence-corrected chi connectivity index (χ3v) is 8.86. The third-order valence-electron chi connectivity index (χ3n) is 3.99. The van der Waals surface area contributed by atoms with E-state index in [1.807, 2.05) is 0 Å². The summed E-state index contributed by atoms with van der Waals surface area (Å²) in [5, 5.41) is 2.83. The van der Waals surface area contributed by atoms with Crippen molar-refractivity contribution in [1.82, 2.24) is 0 Å². The average Bonchev–Trinajstić information content (AvgIpc) is 3.44. The minimum absolute atomic E-state index is 0.0899. The molecular weight excluding hydrogens is 500 g/mol. The zero-order valence-electron chi connectivity index (χ0n) is 16.5. The van der Waals surface area contributed by atoms with E-state index in [1.54, 1.807) is 0 Å². The lowest BCUT2D eigenvalue weighted by Gasteiger charge is -2.14. The molecule has 32 heavy (non-hydrogen) atoms. The maximum atomic E-state index is 12.9. The van der Waals surface area contributed by atoms with Gasteiger partial charge < -0.3 is 9.47 Å². The van der Waals surface area contributed by atoms with E-state index in [-0.39, 0.29) is 30.9 Å². The van der Waals surface area contributed by atoms with Crippen LogP contribution in [-0.2, 0) is 29.5 Å². The van der Waals surface area contributed by atoms with E-state index in [1.165, 1.54) is 47.2 Å². The lowest BCUT2D eigenvalue weighted by molar-refractivity contribution is 0.0593. The van der Waals surface area contributed by atoms with Gasteiger partial charge in [-0.25, -0.2) is 26.4 Å². The fraction of sp³-hybridized carbons (Fsp3) is 0.111. The highest BCUT2D eigenvalue weighted by atomic mass is 32.2. The molecule has 14 heteroatoms. The molecule has 10 nitrogen and oxygen atoms in total. The summed E-state index contributed by atoms with van der Waals surface area (Å²) < 4.78 is 65.3. The second-order valence-electron chi connectivity index (χ2n) is 5.97. The number of anilines is 2. The minimum Gasteiger partial charge on any atom is -0.465 e. The van der Waals surface area contributed by atoms with Crippen molar-refractivity contribution in [2.75, 3.05) is 23.7 Å². The molecule has 0 aliphatic heterocycles. The Morgan fingerprint density at radius 3 is 1.44 bits per heavy atom. The Kier molecular flexibility index (Phi) is 6.88. The van der Waals surface area contributed by atoms with Crippen molar-refractivity contribution >= 4 is 66.0 Å². The van der Waals surface area contributed by atoms with E-state index in [2.05, 4.69) is 18.9 Å². The number of methoxy groups -OCH3 is 2. The van der Waals surface area contributed by atoms with Crippen LogP contribution < -0.4 is 9.44 Å². The van der Waals surface area contributed by atoms with Gasteiger partial charge in [0.1, 0.15) is 19.5 Å². The summed E-state index contributed by atoms with van der Waals surface area (Å²) in [6.07, 6.45) is 0. The number of para-hydroxylation sites is 2. The fourth-order valence-electron chi connectivity index (χ4n) is 2.56. The summed E-state index contributed by atoms with van der Waals surface area (Å²) in [6.45, 7) is 0. The van der Waals surface area contributed by atoms with E-state index in [0.29, 0.717) is 0 Å². The normalized spacial score (nSPS) is 11.6. The SMILES string of the molecule is COC(=O)c1sccc1S(=O)(=O)Nc1ccccc1NS(=O)(=O)c1ccsc1C(=O)OC. The molecule has 2 heterocycles. The van der Waals surface area contributed by atoms with E-state index in [4.69, 9.17) is 0 Å². The molecule has 3 rings (SSSR count). The van der Waals surface area contributed by atoms with Gasteiger partial charge >= 0.3 is 11.9 Å². The number of ether oxygens (including phenoxy) is 2. The predicted molar refractivity (Wildman–Crippen MR) is 119 cm³/mol. The highest BCUT2D eigenvalue weighted by Gasteiger charge is 2.28. The number of esters is 2. The van der Waals surface area contributed by atoms with Gasteiger partial charge in [-0.15, -0.1) is 22.7 Å². The Balaban J connectivity index is 1.96. The number of thiophene rings is 2. The van der Waals surface area contributed by atoms with Gasteiger partial charge in [0, 0.05) is 0 Å². The van der Waals surface area contributed by atoms with Gasteiger partial charge in [0.05, 0.1) is 25.6 Å². The first-order chi connectivity index (χ1) is 15.1. The maximum Gasteiger partial charge on any atom is 0.349 e. The van der Waals surface area contributed by atoms with Crippen molar-refractivity contribution in [3.8, 4) is 0 Å². The number of carbonyl (C=O) groups is 2. The lowest BCUT2D eigenvalue weighted by Crippen LogP contribution is -2.19. The molecule has 0 aliphatic carbocycles. The zero-order valence-corrected chi connectivity index (χ0v) is 19.8. The molecule has 2 N–H and O–H groups in total. The summed E-state index contributed by atoms with van der Waals surface area (Å²) in [5.74, 6) is -1.63. The van der Waals surface area contributed by atoms with E-state index < -0.39 is 32.0 Å². The van der Waals surface area contributed by atoms with Crippen molar-refractivity contribution in [1.29, 1.82) is 0 Å². The van der Waals surface area contributed by atoms with Crippen LogP contribution in [0.5, 0.6) is 0 Å². The molecule has 0 radical (unpaired) electrons. The predicted octanol–water partition coefficient (Wildman–Crippen LogP) is 2.98. The number of rotatable bonds is 8. The summed E-state index contributed by atoms with van der Waals surface area (Å²) in [4.78, 5) is 22.9. The first-order valence-electron chi connectivity index (χ1n) is 8.57. The molecule has 0 spiro atoms. The van der Waals surface area contributed by atoms with Crippen molar-refractivity contribution < 1.29 is 35.9 Å². The van der Waals surface area contributed by atoms with Crippen LogP contribution in [0, 0.1) is 0 Å². The largest absolute Gasteiger partial charge is 0.465 e. The molecule has 0 amide bonds. The zero-order chi connectivity index (χ0) is 23.5. The summed E-state index contributed by atoms with van der Waals surface area (Å²) in [7, 11) is -6.27. The van der Waals surface area contributed by atoms with Crippen molar-refractivity contribution in [2.45, 2.75) is 9.79 Å². The highest BCUT2D eigenvalue weighted by Crippen LogP contribution is 2.31. The van der Waals surface area contributed by atoms with Gasteiger partial charge in [0.25, 0.3) is 20.0 Å². The van der Waals surface area contributed by atoms with E-state index in [9.17, 15) is 26.4 Å². The number of nitrogens with one attached hydrogen (secondary N) is 2. The van der Waals surface area contributed by atoms with Crippen LogP contribution in [0.2, 0.25) is 0 Å². The fourth-order valence-corrected chi connectivity index (χ4v) is 7.39. The second kappa shape index (κ2) is 9.28. The van der Waals surface area contributed by atoms with Crippen LogP contribution in [0.25, 0.3) is 0 Å². The molecule has 1 aromatic carbocycles. The smallest absolute Gasteiger partial charge is 0.349 e. The molecule has 0 saturated carbocycles. The Morgan fingerprint density at radius 2 is 1.09 bits per heavy atom. The molecule has 2 aromatic heterocycles. The van der Waals surface area contributed by atoms with Crippen LogP contribution in [-0.4, -0.2) is 43.0 Å². The molecule has 0 atom stereocenters. The summed E-state index contributed by atoms with van der Waals surface area (Å²) in [6, 6.07) is 8.15. The molecule has 3 aromatic rings. The Hall–Kier alpha value is -2.94. The van der Waals surface area contributed by atoms with Gasteiger partial charge in [-0.05, 0) is 35.0 Å². The standard InChI is InChI=1S/C18H16N2O8S4/c1-27-17(21)15-13(7-9-29-15)31(23,24)19-11-5-3-4-6-12(11)20-32(25,26)14-8-10-30-16(14)18(22)28-2/h3-10,19-20H,1-2H3. The highest BCUT2D eigenvalue weighted by molar-refractivity contribution is 7.93. The lowest BCUT2D eigenvalue weighted by atomic mass is 10.3. The van der Waals surface area contributed by atoms with Gasteiger partial charge in [-0.3, -0.25) is 9.44 Å². The van der Waals surface area contributed by atoms with Crippen LogP contribution in [0.15, 0.2) is 56.9 Å². The topological polar surface area (TPSA) is 145 Å². The minimum atomic E-state index is -4.26. The monoisotopic (exact) mass is 516 g/mol. The van der Waals surface area contributed by atoms with Crippen LogP contribution in [0.3, 0.4) is 0 Å². The molecular formula is C18H16N2O8S4. The molecule has 0 aliphatic rings. The second-order valence-corrected chi connectivity index (χ2v) is 11.1. The summed E-state index contributed by atoms with van der Waals surface area (Å²) >= 11 is 1.78. The average molecular weight is 517 g/mol. The van der Waals surface area contributed by atoms with Gasteiger partial charge in [0.15, 0.2) is 0 Å². The van der Waals surface area contributed by atoms with E-state index in [0.717, 1.165) is 36.9 Å². The van der Waals surface area contributed by atoms with Crippen LogP contribution in [0.4, 0.5) is 11.4 Å². The number of hydrogen-bond donors (Lipinski definition) is 2. The van der Waals surface area contributed by atoms with Crippen molar-refractivity contribution in [3.05, 3.63) is 56.9 Å². The van der Waals surface area contributed by atoms with Crippen LogP contribution in [0.1, 0.15) is 19.3 Å². The number of benzene rings is 1. The van der Waals surface area contributed by atoms with Gasteiger partial charge in [0.2, 0.25) is 0 Å². The number of hydrogen-bond acceptors (Lipinski definition) is 10. The molecule has 0 bridgehead atoms. The number of sulfonamides is 2. The summed E-state index contributed by atoms with van der Waals surface area (Å²) in [5.41, 5.74) is -0.180. The van der Waals surface area contributed by atoms with E-state index >= 15 is 0 Å². The quantitative estimate of drug-likeness (QED) is 0.435. The molecule has 0 saturated heterocycles. The molecule has 0 unspecified atom stereocenters. The van der Waals surface area contributed by atoms with Crippen molar-refractivity contribution in [2.24, 2.45) is 0 Å². The Labute approximate surface area is 191 Å². The first-order valence-corrected chi connectivity index (χ1v) is 13.3. The molecule has 0 fully saturated rings. The Morgan fingerprint density at radius 1 is 0.719 bits per heavy atom. The maximum absolute atomic E-state index is 12.9.